The fourth-order valence-corrected chi connectivity index (χ4v) is 4.38. The van der Waals surface area contributed by atoms with Crippen LogP contribution in [0.25, 0.3) is 0 Å². The van der Waals surface area contributed by atoms with Crippen LogP contribution in [0, 0.1) is 11.6 Å². The van der Waals surface area contributed by atoms with E-state index in [-0.39, 0.29) is 11.3 Å². The molecule has 1 saturated heterocycles. The third-order valence-corrected chi connectivity index (χ3v) is 5.66. The quantitative estimate of drug-likeness (QED) is 0.897. The summed E-state index contributed by atoms with van der Waals surface area (Å²) in [5, 5.41) is -0.772. The lowest BCUT2D eigenvalue weighted by molar-refractivity contribution is 0.489. The van der Waals surface area contributed by atoms with Gasteiger partial charge in [-0.15, -0.1) is 0 Å². The van der Waals surface area contributed by atoms with Gasteiger partial charge in [0.2, 0.25) is 0 Å². The minimum absolute atomic E-state index is 0.0619. The van der Waals surface area contributed by atoms with Crippen molar-refractivity contribution in [2.75, 3.05) is 5.75 Å². The van der Waals surface area contributed by atoms with Crippen LogP contribution in [-0.4, -0.2) is 19.4 Å². The monoisotopic (exact) mass is 275 g/mol. The van der Waals surface area contributed by atoms with E-state index < -0.39 is 32.8 Å². The zero-order chi connectivity index (χ0) is 13.3. The third-order valence-electron chi connectivity index (χ3n) is 3.35. The van der Waals surface area contributed by atoms with Gasteiger partial charge in [0.25, 0.3) is 0 Å². The topological polar surface area (TPSA) is 60.2 Å². The van der Waals surface area contributed by atoms with Gasteiger partial charge in [0, 0.05) is 17.7 Å². The van der Waals surface area contributed by atoms with Crippen LogP contribution < -0.4 is 5.73 Å². The Morgan fingerprint density at radius 3 is 2.61 bits per heavy atom. The number of hydrogen-bond acceptors (Lipinski definition) is 3. The second kappa shape index (κ2) is 4.93. The zero-order valence-electron chi connectivity index (χ0n) is 9.77. The predicted molar refractivity (Wildman–Crippen MR) is 64.7 cm³/mol. The standard InChI is InChI=1S/C12H15F2NO2S/c13-8-4-5-9(10(14)7-8)12(15)11-3-1-2-6-18(11,16)17/h4-5,7,11-12H,1-3,6,15H2. The summed E-state index contributed by atoms with van der Waals surface area (Å²) in [5.41, 5.74) is 5.92. The van der Waals surface area contributed by atoms with Crippen LogP contribution in [0.2, 0.25) is 0 Å². The second-order valence-corrected chi connectivity index (χ2v) is 6.93. The molecule has 0 bridgehead atoms. The Morgan fingerprint density at radius 2 is 2.00 bits per heavy atom. The first-order valence-electron chi connectivity index (χ1n) is 5.84. The van der Waals surface area contributed by atoms with E-state index in [9.17, 15) is 17.2 Å². The third kappa shape index (κ3) is 2.54. The summed E-state index contributed by atoms with van der Waals surface area (Å²) >= 11 is 0. The molecule has 1 aliphatic rings. The van der Waals surface area contributed by atoms with Crippen molar-refractivity contribution in [3.63, 3.8) is 0 Å². The fourth-order valence-electron chi connectivity index (χ4n) is 2.35. The van der Waals surface area contributed by atoms with Crippen molar-refractivity contribution in [3.8, 4) is 0 Å². The molecule has 0 spiro atoms. The van der Waals surface area contributed by atoms with Crippen LogP contribution in [-0.2, 0) is 9.84 Å². The van der Waals surface area contributed by atoms with E-state index in [1.807, 2.05) is 0 Å². The first-order valence-corrected chi connectivity index (χ1v) is 7.55. The second-order valence-electron chi connectivity index (χ2n) is 4.59. The highest BCUT2D eigenvalue weighted by Crippen LogP contribution is 2.30. The Labute approximate surface area is 105 Å². The first-order chi connectivity index (χ1) is 8.42. The maximum atomic E-state index is 13.6. The molecule has 1 aromatic carbocycles. The van der Waals surface area contributed by atoms with Gasteiger partial charge in [0.1, 0.15) is 11.6 Å². The highest BCUT2D eigenvalue weighted by Gasteiger charge is 2.35. The van der Waals surface area contributed by atoms with Gasteiger partial charge < -0.3 is 5.73 Å². The van der Waals surface area contributed by atoms with Crippen molar-refractivity contribution in [2.24, 2.45) is 5.73 Å². The molecule has 0 radical (unpaired) electrons. The molecule has 1 heterocycles. The summed E-state index contributed by atoms with van der Waals surface area (Å²) in [6.07, 6.45) is 1.82. The Bertz CT molecular complexity index is 545. The van der Waals surface area contributed by atoms with E-state index in [2.05, 4.69) is 0 Å². The lowest BCUT2D eigenvalue weighted by atomic mass is 10.00. The largest absolute Gasteiger partial charge is 0.323 e. The smallest absolute Gasteiger partial charge is 0.155 e. The van der Waals surface area contributed by atoms with Crippen LogP contribution in [0.1, 0.15) is 30.9 Å². The molecule has 18 heavy (non-hydrogen) atoms. The summed E-state index contributed by atoms with van der Waals surface area (Å²) in [6, 6.07) is 2.11. The molecule has 1 aliphatic heterocycles. The first kappa shape index (κ1) is 13.4. The molecule has 0 amide bonds. The lowest BCUT2D eigenvalue weighted by Crippen LogP contribution is -2.38. The van der Waals surface area contributed by atoms with Gasteiger partial charge in [-0.25, -0.2) is 17.2 Å². The zero-order valence-corrected chi connectivity index (χ0v) is 10.6. The molecule has 2 unspecified atom stereocenters. The van der Waals surface area contributed by atoms with Crippen LogP contribution >= 0.6 is 0 Å². The van der Waals surface area contributed by atoms with Crippen molar-refractivity contribution in [2.45, 2.75) is 30.6 Å². The van der Waals surface area contributed by atoms with Gasteiger partial charge in [-0.2, -0.15) is 0 Å². The van der Waals surface area contributed by atoms with Crippen molar-refractivity contribution in [1.82, 2.24) is 0 Å². The van der Waals surface area contributed by atoms with Gasteiger partial charge in [-0.1, -0.05) is 12.5 Å². The van der Waals surface area contributed by atoms with E-state index in [0.717, 1.165) is 18.6 Å². The van der Waals surface area contributed by atoms with Gasteiger partial charge in [-0.3, -0.25) is 0 Å². The molecule has 2 atom stereocenters. The van der Waals surface area contributed by atoms with Crippen LogP contribution in [0.4, 0.5) is 8.78 Å². The number of benzene rings is 1. The Hall–Kier alpha value is -1.01. The number of rotatable bonds is 2. The summed E-state index contributed by atoms with van der Waals surface area (Å²) < 4.78 is 50.2. The molecule has 2 rings (SSSR count). The van der Waals surface area contributed by atoms with Gasteiger partial charge in [0.05, 0.1) is 11.0 Å². The Balaban J connectivity index is 2.33. The molecule has 1 aromatic rings. The minimum Gasteiger partial charge on any atom is -0.323 e. The van der Waals surface area contributed by atoms with Crippen LogP contribution in [0.5, 0.6) is 0 Å². The van der Waals surface area contributed by atoms with Gasteiger partial charge in [-0.05, 0) is 18.9 Å². The Kier molecular flexibility index (Phi) is 3.68. The summed E-state index contributed by atoms with van der Waals surface area (Å²) in [4.78, 5) is 0. The normalized spacial score (nSPS) is 24.7. The number of halogens is 2. The summed E-state index contributed by atoms with van der Waals surface area (Å²) in [7, 11) is -3.28. The van der Waals surface area contributed by atoms with E-state index in [4.69, 9.17) is 5.73 Å². The molecular weight excluding hydrogens is 260 g/mol. The maximum absolute atomic E-state index is 13.6. The maximum Gasteiger partial charge on any atom is 0.155 e. The van der Waals surface area contributed by atoms with Crippen LogP contribution in [0.15, 0.2) is 18.2 Å². The SMILES string of the molecule is NC(c1ccc(F)cc1F)C1CCCCS1(=O)=O. The molecule has 0 saturated carbocycles. The van der Waals surface area contributed by atoms with E-state index >= 15 is 0 Å². The highest BCUT2D eigenvalue weighted by atomic mass is 32.2. The molecule has 6 heteroatoms. The number of nitrogens with two attached hydrogens (primary N) is 1. The number of sulfone groups is 1. The highest BCUT2D eigenvalue weighted by molar-refractivity contribution is 7.92. The molecule has 100 valence electrons. The molecule has 3 nitrogen and oxygen atoms in total. The van der Waals surface area contributed by atoms with E-state index in [1.54, 1.807) is 0 Å². The number of hydrogen-bond donors (Lipinski definition) is 1. The molecule has 2 N–H and O–H groups in total. The van der Waals surface area contributed by atoms with Gasteiger partial charge >= 0.3 is 0 Å². The van der Waals surface area contributed by atoms with Crippen molar-refractivity contribution in [1.29, 1.82) is 0 Å². The van der Waals surface area contributed by atoms with Crippen molar-refractivity contribution >= 4 is 9.84 Å². The van der Waals surface area contributed by atoms with Crippen molar-refractivity contribution in [3.05, 3.63) is 35.4 Å². The van der Waals surface area contributed by atoms with E-state index in [1.165, 1.54) is 6.07 Å². The lowest BCUT2D eigenvalue weighted by Gasteiger charge is -2.27. The molecule has 0 aromatic heterocycles. The minimum atomic E-state index is -3.28. The molecule has 0 aliphatic carbocycles. The molecular formula is C12H15F2NO2S. The van der Waals surface area contributed by atoms with E-state index in [0.29, 0.717) is 12.8 Å². The molecule has 1 fully saturated rings. The average molecular weight is 275 g/mol. The fraction of sp³-hybridized carbons (Fsp3) is 0.500. The predicted octanol–water partition coefficient (Wildman–Crippen LogP) is 1.93. The van der Waals surface area contributed by atoms with Crippen LogP contribution in [0.3, 0.4) is 0 Å². The average Bonchev–Trinajstić information content (AvgIpc) is 2.27. The summed E-state index contributed by atoms with van der Waals surface area (Å²) in [6.45, 7) is 0. The Morgan fingerprint density at radius 1 is 1.28 bits per heavy atom. The summed E-state index contributed by atoms with van der Waals surface area (Å²) in [5.74, 6) is -1.40. The van der Waals surface area contributed by atoms with Gasteiger partial charge in [0.15, 0.2) is 9.84 Å². The van der Waals surface area contributed by atoms with Crippen molar-refractivity contribution < 1.29 is 17.2 Å².